The van der Waals surface area contributed by atoms with Gasteiger partial charge in [-0.1, -0.05) is 47.1 Å². The van der Waals surface area contributed by atoms with Gasteiger partial charge in [0.2, 0.25) is 17.6 Å². The first-order chi connectivity index (χ1) is 12.2. The molecule has 1 amide bonds. The van der Waals surface area contributed by atoms with Crippen molar-refractivity contribution in [1.29, 1.82) is 0 Å². The van der Waals surface area contributed by atoms with Crippen LogP contribution < -0.4 is 10.1 Å². The lowest BCUT2D eigenvalue weighted by atomic mass is 10.1. The summed E-state index contributed by atoms with van der Waals surface area (Å²) in [6.45, 7) is 2.19. The van der Waals surface area contributed by atoms with Gasteiger partial charge in [0, 0.05) is 11.1 Å². The van der Waals surface area contributed by atoms with E-state index in [9.17, 15) is 4.79 Å². The molecular weight excluding hydrogens is 318 g/mol. The fourth-order valence-corrected chi connectivity index (χ4v) is 2.49. The second-order valence-electron chi connectivity index (χ2n) is 5.65. The van der Waals surface area contributed by atoms with Crippen molar-refractivity contribution in [3.05, 3.63) is 65.5 Å². The molecule has 0 unspecified atom stereocenters. The number of aryl methyl sites for hydroxylation is 1. The van der Waals surface area contributed by atoms with E-state index in [0.717, 1.165) is 16.7 Å². The van der Waals surface area contributed by atoms with Crippen LogP contribution in [-0.4, -0.2) is 23.2 Å². The number of carbonyl (C=O) groups excluding carboxylic acids is 1. The van der Waals surface area contributed by atoms with Crippen molar-refractivity contribution in [3.8, 4) is 17.1 Å². The highest BCUT2D eigenvalue weighted by atomic mass is 16.5. The number of methoxy groups -OCH3 is 1. The molecule has 0 aliphatic heterocycles. The van der Waals surface area contributed by atoms with E-state index in [-0.39, 0.29) is 18.9 Å². The first-order valence-corrected chi connectivity index (χ1v) is 7.94. The maximum absolute atomic E-state index is 12.1. The van der Waals surface area contributed by atoms with Gasteiger partial charge in [0.1, 0.15) is 5.75 Å². The number of nitrogens with zero attached hydrogens (tertiary/aromatic N) is 2. The monoisotopic (exact) mass is 337 g/mol. The van der Waals surface area contributed by atoms with Crippen LogP contribution in [0.2, 0.25) is 0 Å². The third-order valence-electron chi connectivity index (χ3n) is 3.72. The first kappa shape index (κ1) is 16.7. The summed E-state index contributed by atoms with van der Waals surface area (Å²) >= 11 is 0. The van der Waals surface area contributed by atoms with Crippen molar-refractivity contribution in [2.45, 2.75) is 19.9 Å². The highest BCUT2D eigenvalue weighted by Gasteiger charge is 2.12. The highest BCUT2D eigenvalue weighted by Crippen LogP contribution is 2.18. The summed E-state index contributed by atoms with van der Waals surface area (Å²) in [5, 5.41) is 6.74. The average molecular weight is 337 g/mol. The SMILES string of the molecule is COc1ccccc1CC(=O)NCc1nc(-c2cccc(C)c2)no1. The van der Waals surface area contributed by atoms with Gasteiger partial charge in [-0.25, -0.2) is 0 Å². The molecule has 0 aliphatic rings. The quantitative estimate of drug-likeness (QED) is 0.748. The van der Waals surface area contributed by atoms with Crippen LogP contribution in [0.5, 0.6) is 5.75 Å². The molecule has 0 saturated carbocycles. The van der Waals surface area contributed by atoms with Gasteiger partial charge in [-0.3, -0.25) is 4.79 Å². The molecule has 0 bridgehead atoms. The number of hydrogen-bond acceptors (Lipinski definition) is 5. The molecule has 1 N–H and O–H groups in total. The van der Waals surface area contributed by atoms with Gasteiger partial charge in [-0.2, -0.15) is 4.98 Å². The summed E-state index contributed by atoms with van der Waals surface area (Å²) in [6, 6.07) is 15.3. The predicted octanol–water partition coefficient (Wildman–Crippen LogP) is 2.91. The zero-order valence-corrected chi connectivity index (χ0v) is 14.2. The minimum atomic E-state index is -0.139. The normalized spacial score (nSPS) is 10.5. The van der Waals surface area contributed by atoms with Gasteiger partial charge in [-0.15, -0.1) is 0 Å². The molecule has 6 nitrogen and oxygen atoms in total. The van der Waals surface area contributed by atoms with E-state index in [0.29, 0.717) is 17.5 Å². The fraction of sp³-hybridized carbons (Fsp3) is 0.211. The minimum Gasteiger partial charge on any atom is -0.496 e. The maximum Gasteiger partial charge on any atom is 0.246 e. The number of hydrogen-bond donors (Lipinski definition) is 1. The molecule has 0 radical (unpaired) electrons. The molecule has 2 aromatic carbocycles. The summed E-state index contributed by atoms with van der Waals surface area (Å²) in [7, 11) is 1.59. The smallest absolute Gasteiger partial charge is 0.246 e. The largest absolute Gasteiger partial charge is 0.496 e. The Kier molecular flexibility index (Phi) is 5.09. The molecule has 3 rings (SSSR count). The number of carbonyl (C=O) groups is 1. The Hall–Kier alpha value is -3.15. The Morgan fingerprint density at radius 3 is 2.84 bits per heavy atom. The standard InChI is InChI=1S/C19H19N3O3/c1-13-6-5-8-15(10-13)19-21-18(25-22-19)12-20-17(23)11-14-7-3-4-9-16(14)24-2/h3-10H,11-12H2,1-2H3,(H,20,23). The molecule has 0 saturated heterocycles. The van der Waals surface area contributed by atoms with Crippen molar-refractivity contribution in [3.63, 3.8) is 0 Å². The fourth-order valence-electron chi connectivity index (χ4n) is 2.49. The molecule has 6 heteroatoms. The van der Waals surface area contributed by atoms with Crippen LogP contribution in [0, 0.1) is 6.92 Å². The van der Waals surface area contributed by atoms with Gasteiger partial charge in [-0.05, 0) is 19.1 Å². The molecule has 0 fully saturated rings. The Morgan fingerprint density at radius 2 is 2.04 bits per heavy atom. The van der Waals surface area contributed by atoms with Crippen LogP contribution in [0.1, 0.15) is 17.0 Å². The van der Waals surface area contributed by atoms with E-state index >= 15 is 0 Å². The molecule has 1 heterocycles. The maximum atomic E-state index is 12.1. The van der Waals surface area contributed by atoms with Gasteiger partial charge in [0.15, 0.2) is 0 Å². The van der Waals surface area contributed by atoms with E-state index in [2.05, 4.69) is 15.5 Å². The molecule has 0 atom stereocenters. The Morgan fingerprint density at radius 1 is 1.20 bits per heavy atom. The van der Waals surface area contributed by atoms with E-state index in [1.807, 2.05) is 55.5 Å². The Balaban J connectivity index is 1.59. The number of rotatable bonds is 6. The molecule has 1 aromatic heterocycles. The molecular formula is C19H19N3O3. The van der Waals surface area contributed by atoms with E-state index in [1.54, 1.807) is 7.11 Å². The third kappa shape index (κ3) is 4.23. The Labute approximate surface area is 145 Å². The molecule has 128 valence electrons. The van der Waals surface area contributed by atoms with Crippen LogP contribution in [0.15, 0.2) is 53.1 Å². The molecule has 0 spiro atoms. The first-order valence-electron chi connectivity index (χ1n) is 7.94. The molecule has 3 aromatic rings. The van der Waals surface area contributed by atoms with Gasteiger partial charge in [0.25, 0.3) is 0 Å². The van der Waals surface area contributed by atoms with E-state index in [1.165, 1.54) is 0 Å². The lowest BCUT2D eigenvalue weighted by Gasteiger charge is -2.07. The second kappa shape index (κ2) is 7.61. The number of nitrogens with one attached hydrogen (secondary N) is 1. The van der Waals surface area contributed by atoms with Crippen LogP contribution in [-0.2, 0) is 17.8 Å². The Bertz CT molecular complexity index is 874. The highest BCUT2D eigenvalue weighted by molar-refractivity contribution is 5.79. The number of aromatic nitrogens is 2. The number of benzene rings is 2. The van der Waals surface area contributed by atoms with Crippen molar-refractivity contribution in [1.82, 2.24) is 15.5 Å². The van der Waals surface area contributed by atoms with Gasteiger partial charge >= 0.3 is 0 Å². The van der Waals surface area contributed by atoms with Crippen molar-refractivity contribution in [2.24, 2.45) is 0 Å². The van der Waals surface area contributed by atoms with Crippen molar-refractivity contribution >= 4 is 5.91 Å². The van der Waals surface area contributed by atoms with Gasteiger partial charge in [0.05, 0.1) is 20.1 Å². The topological polar surface area (TPSA) is 77.2 Å². The summed E-state index contributed by atoms with van der Waals surface area (Å²) < 4.78 is 10.5. The summed E-state index contributed by atoms with van der Waals surface area (Å²) in [6.07, 6.45) is 0.225. The molecule has 0 aliphatic carbocycles. The lowest BCUT2D eigenvalue weighted by Crippen LogP contribution is -2.24. The number of amides is 1. The number of para-hydroxylation sites is 1. The second-order valence-corrected chi connectivity index (χ2v) is 5.65. The van der Waals surface area contributed by atoms with Crippen LogP contribution >= 0.6 is 0 Å². The predicted molar refractivity (Wildman–Crippen MR) is 93.0 cm³/mol. The number of ether oxygens (including phenoxy) is 1. The van der Waals surface area contributed by atoms with Crippen LogP contribution in [0.25, 0.3) is 11.4 Å². The lowest BCUT2D eigenvalue weighted by molar-refractivity contribution is -0.120. The van der Waals surface area contributed by atoms with Crippen molar-refractivity contribution in [2.75, 3.05) is 7.11 Å². The summed E-state index contributed by atoms with van der Waals surface area (Å²) in [5.41, 5.74) is 2.83. The molecule has 25 heavy (non-hydrogen) atoms. The van der Waals surface area contributed by atoms with Crippen LogP contribution in [0.3, 0.4) is 0 Å². The van der Waals surface area contributed by atoms with E-state index in [4.69, 9.17) is 9.26 Å². The van der Waals surface area contributed by atoms with Crippen molar-refractivity contribution < 1.29 is 14.1 Å². The summed E-state index contributed by atoms with van der Waals surface area (Å²) in [5.74, 6) is 1.43. The average Bonchev–Trinajstić information content (AvgIpc) is 3.09. The van der Waals surface area contributed by atoms with Crippen LogP contribution in [0.4, 0.5) is 0 Å². The third-order valence-corrected chi connectivity index (χ3v) is 3.72. The van der Waals surface area contributed by atoms with Gasteiger partial charge < -0.3 is 14.6 Å². The zero-order chi connectivity index (χ0) is 17.6. The van der Waals surface area contributed by atoms with E-state index < -0.39 is 0 Å². The summed E-state index contributed by atoms with van der Waals surface area (Å²) in [4.78, 5) is 16.4. The minimum absolute atomic E-state index is 0.139. The zero-order valence-electron chi connectivity index (χ0n) is 14.2.